The maximum absolute atomic E-state index is 13.6. The van der Waals surface area contributed by atoms with Crippen molar-refractivity contribution in [1.29, 1.82) is 0 Å². The van der Waals surface area contributed by atoms with Crippen molar-refractivity contribution in [3.05, 3.63) is 51.2 Å². The van der Waals surface area contributed by atoms with Crippen molar-refractivity contribution in [1.82, 2.24) is 9.97 Å². The Hall–Kier alpha value is -2.88. The van der Waals surface area contributed by atoms with Crippen molar-refractivity contribution in [2.75, 3.05) is 36.5 Å². The Bertz CT molecular complexity index is 942. The third kappa shape index (κ3) is 4.33. The van der Waals surface area contributed by atoms with Crippen molar-refractivity contribution in [2.45, 2.75) is 19.8 Å². The molecule has 10 heteroatoms. The van der Waals surface area contributed by atoms with Gasteiger partial charge in [0.15, 0.2) is 17.5 Å². The Balaban J connectivity index is 1.66. The number of nitrogens with zero attached hydrogens (tertiary/aromatic N) is 2. The molecule has 2 aromatic rings. The second-order valence-corrected chi connectivity index (χ2v) is 6.32. The van der Waals surface area contributed by atoms with Crippen molar-refractivity contribution in [2.24, 2.45) is 0 Å². The molecule has 2 heterocycles. The largest absolute Gasteiger partial charge is 0.378 e. The Morgan fingerprint density at radius 3 is 2.64 bits per heavy atom. The molecule has 150 valence electrons. The second-order valence-electron chi connectivity index (χ2n) is 6.32. The number of morpholine rings is 1. The van der Waals surface area contributed by atoms with E-state index in [0.717, 1.165) is 12.1 Å². The molecule has 1 aliphatic heterocycles. The molecular formula is C18H19F3N4O3. The normalized spacial score (nSPS) is 14.2. The minimum atomic E-state index is -1.66. The predicted octanol–water partition coefficient (Wildman–Crippen LogP) is 1.90. The lowest BCUT2D eigenvalue weighted by atomic mass is 10.1. The molecule has 1 aliphatic rings. The molecule has 0 unspecified atom stereocenters. The Morgan fingerprint density at radius 2 is 1.96 bits per heavy atom. The van der Waals surface area contributed by atoms with Crippen LogP contribution in [0.15, 0.2) is 16.9 Å². The summed E-state index contributed by atoms with van der Waals surface area (Å²) in [5, 5.41) is 2.18. The first-order valence-corrected chi connectivity index (χ1v) is 8.72. The van der Waals surface area contributed by atoms with Gasteiger partial charge < -0.3 is 15.0 Å². The van der Waals surface area contributed by atoms with Crippen LogP contribution >= 0.6 is 0 Å². The zero-order chi connectivity index (χ0) is 20.3. The quantitative estimate of drug-likeness (QED) is 0.754. The summed E-state index contributed by atoms with van der Waals surface area (Å²) in [6.07, 6.45) is -0.0877. The third-order valence-electron chi connectivity index (χ3n) is 4.43. The van der Waals surface area contributed by atoms with Crippen LogP contribution in [-0.2, 0) is 16.0 Å². The summed E-state index contributed by atoms with van der Waals surface area (Å²) in [4.78, 5) is 33.4. The number of aromatic amines is 1. The molecule has 0 spiro atoms. The molecule has 1 aromatic heterocycles. The van der Waals surface area contributed by atoms with Gasteiger partial charge in [-0.25, -0.2) is 18.2 Å². The van der Waals surface area contributed by atoms with E-state index < -0.39 is 29.0 Å². The van der Waals surface area contributed by atoms with Gasteiger partial charge in [-0.15, -0.1) is 0 Å². The van der Waals surface area contributed by atoms with Crippen LogP contribution in [0.1, 0.15) is 17.7 Å². The number of ether oxygens (including phenoxy) is 1. The highest BCUT2D eigenvalue weighted by atomic mass is 19.2. The maximum Gasteiger partial charge on any atom is 0.255 e. The van der Waals surface area contributed by atoms with Crippen LogP contribution in [0.3, 0.4) is 0 Å². The van der Waals surface area contributed by atoms with E-state index in [9.17, 15) is 22.8 Å². The summed E-state index contributed by atoms with van der Waals surface area (Å²) in [7, 11) is 0. The van der Waals surface area contributed by atoms with Crippen LogP contribution in [0.4, 0.5) is 24.8 Å². The van der Waals surface area contributed by atoms with E-state index in [1.807, 2.05) is 4.90 Å². The summed E-state index contributed by atoms with van der Waals surface area (Å²) in [6.45, 7) is 3.99. The molecule has 0 bridgehead atoms. The van der Waals surface area contributed by atoms with Gasteiger partial charge in [0.2, 0.25) is 11.9 Å². The van der Waals surface area contributed by atoms with Crippen molar-refractivity contribution in [3.8, 4) is 0 Å². The average molecular weight is 396 g/mol. The first kappa shape index (κ1) is 19.9. The molecule has 28 heavy (non-hydrogen) atoms. The van der Waals surface area contributed by atoms with Gasteiger partial charge in [-0.05, 0) is 25.5 Å². The Labute approximate surface area is 158 Å². The Morgan fingerprint density at radius 1 is 1.25 bits per heavy atom. The molecule has 2 N–H and O–H groups in total. The van der Waals surface area contributed by atoms with Crippen molar-refractivity contribution in [3.63, 3.8) is 0 Å². The number of carbonyl (C=O) groups is 1. The standard InChI is InChI=1S/C18H19F3N4O3/c1-10-11(17(27)24-18(22-10)25-6-8-28-9-7-25)2-5-14(26)23-13-4-3-12(19)15(20)16(13)21/h3-4H,2,5-9H2,1H3,(H,23,26)(H,22,24,27). The number of carbonyl (C=O) groups excluding carboxylic acids is 1. The van der Waals surface area contributed by atoms with Gasteiger partial charge in [-0.1, -0.05) is 0 Å². The van der Waals surface area contributed by atoms with E-state index in [1.165, 1.54) is 0 Å². The van der Waals surface area contributed by atoms with Crippen LogP contribution < -0.4 is 15.8 Å². The van der Waals surface area contributed by atoms with Crippen LogP contribution in [0.25, 0.3) is 0 Å². The number of H-pyrrole nitrogens is 1. The number of benzene rings is 1. The summed E-state index contributed by atoms with van der Waals surface area (Å²) in [6, 6.07) is 1.65. The van der Waals surface area contributed by atoms with Gasteiger partial charge >= 0.3 is 0 Å². The summed E-state index contributed by atoms with van der Waals surface area (Å²) >= 11 is 0. The van der Waals surface area contributed by atoms with Gasteiger partial charge in [0, 0.05) is 30.8 Å². The fraction of sp³-hybridized carbons (Fsp3) is 0.389. The minimum Gasteiger partial charge on any atom is -0.378 e. The van der Waals surface area contributed by atoms with Gasteiger partial charge in [-0.2, -0.15) is 0 Å². The number of nitrogens with one attached hydrogen (secondary N) is 2. The minimum absolute atomic E-state index is 0.0642. The highest BCUT2D eigenvalue weighted by molar-refractivity contribution is 5.90. The SMILES string of the molecule is Cc1nc(N2CCOCC2)[nH]c(=O)c1CCC(=O)Nc1ccc(F)c(F)c1F. The molecule has 7 nitrogen and oxygen atoms in total. The van der Waals surface area contributed by atoms with Gasteiger partial charge in [0.1, 0.15) is 0 Å². The lowest BCUT2D eigenvalue weighted by Crippen LogP contribution is -2.38. The fourth-order valence-electron chi connectivity index (χ4n) is 2.89. The first-order valence-electron chi connectivity index (χ1n) is 8.72. The highest BCUT2D eigenvalue weighted by Crippen LogP contribution is 2.20. The summed E-state index contributed by atoms with van der Waals surface area (Å²) in [5.41, 5.74) is -0.00825. The predicted molar refractivity (Wildman–Crippen MR) is 95.9 cm³/mol. The number of aryl methyl sites for hydroxylation is 1. The molecule has 1 saturated heterocycles. The van der Waals surface area contributed by atoms with Crippen LogP contribution in [-0.4, -0.2) is 42.2 Å². The van der Waals surface area contributed by atoms with E-state index in [2.05, 4.69) is 15.3 Å². The monoisotopic (exact) mass is 396 g/mol. The second kappa shape index (κ2) is 8.42. The molecular weight excluding hydrogens is 377 g/mol. The molecule has 0 radical (unpaired) electrons. The number of amides is 1. The van der Waals surface area contributed by atoms with Crippen LogP contribution in [0.2, 0.25) is 0 Å². The summed E-state index contributed by atoms with van der Waals surface area (Å²) in [5.74, 6) is -4.67. The maximum atomic E-state index is 13.6. The van der Waals surface area contributed by atoms with Crippen LogP contribution in [0.5, 0.6) is 0 Å². The number of hydrogen-bond donors (Lipinski definition) is 2. The molecule has 0 atom stereocenters. The lowest BCUT2D eigenvalue weighted by Gasteiger charge is -2.27. The number of halogens is 3. The van der Waals surface area contributed by atoms with E-state index in [1.54, 1.807) is 6.92 Å². The molecule has 3 rings (SSSR count). The number of hydrogen-bond acceptors (Lipinski definition) is 5. The molecule has 1 aromatic carbocycles. The topological polar surface area (TPSA) is 87.3 Å². The van der Waals surface area contributed by atoms with Crippen molar-refractivity contribution < 1.29 is 22.7 Å². The zero-order valence-corrected chi connectivity index (χ0v) is 15.2. The molecule has 0 saturated carbocycles. The highest BCUT2D eigenvalue weighted by Gasteiger charge is 2.18. The first-order chi connectivity index (χ1) is 13.4. The number of anilines is 2. The van der Waals surface area contributed by atoms with Crippen molar-refractivity contribution >= 4 is 17.5 Å². The number of aromatic nitrogens is 2. The molecule has 0 aliphatic carbocycles. The van der Waals surface area contributed by atoms with Crippen LogP contribution in [0, 0.1) is 24.4 Å². The molecule has 1 amide bonds. The fourth-order valence-corrected chi connectivity index (χ4v) is 2.89. The molecule has 1 fully saturated rings. The van der Waals surface area contributed by atoms with E-state index >= 15 is 0 Å². The van der Waals surface area contributed by atoms with Gasteiger partial charge in [0.05, 0.1) is 18.9 Å². The average Bonchev–Trinajstić information content (AvgIpc) is 2.68. The third-order valence-corrected chi connectivity index (χ3v) is 4.43. The van der Waals surface area contributed by atoms with Gasteiger partial charge in [0.25, 0.3) is 5.56 Å². The van der Waals surface area contributed by atoms with Gasteiger partial charge in [-0.3, -0.25) is 14.6 Å². The van der Waals surface area contributed by atoms with E-state index in [4.69, 9.17) is 4.74 Å². The summed E-state index contributed by atoms with van der Waals surface area (Å²) < 4.78 is 45.1. The van der Waals surface area contributed by atoms with E-state index in [-0.39, 0.29) is 18.4 Å². The number of rotatable bonds is 5. The lowest BCUT2D eigenvalue weighted by molar-refractivity contribution is -0.116. The van der Waals surface area contributed by atoms with E-state index in [0.29, 0.717) is 43.5 Å². The zero-order valence-electron chi connectivity index (χ0n) is 15.2. The Kier molecular flexibility index (Phi) is 5.98. The smallest absolute Gasteiger partial charge is 0.255 e.